The van der Waals surface area contributed by atoms with Crippen molar-refractivity contribution in [2.45, 2.75) is 13.5 Å². The SMILES string of the molecule is Cc1cccc2c1-c1[nH]ncc1CN2. The lowest BCUT2D eigenvalue weighted by Crippen LogP contribution is -2.08. The van der Waals surface area contributed by atoms with E-state index in [2.05, 4.69) is 40.6 Å². The minimum absolute atomic E-state index is 0.863. The number of benzene rings is 1. The van der Waals surface area contributed by atoms with E-state index in [4.69, 9.17) is 0 Å². The van der Waals surface area contributed by atoms with Gasteiger partial charge in [0.15, 0.2) is 0 Å². The first kappa shape index (κ1) is 7.62. The topological polar surface area (TPSA) is 40.7 Å². The molecule has 0 saturated heterocycles. The highest BCUT2D eigenvalue weighted by atomic mass is 15.1. The maximum atomic E-state index is 4.08. The molecule has 0 atom stereocenters. The van der Waals surface area contributed by atoms with Crippen LogP contribution in [0.4, 0.5) is 5.69 Å². The zero-order valence-electron chi connectivity index (χ0n) is 7.96. The van der Waals surface area contributed by atoms with Crippen LogP contribution in [0.15, 0.2) is 24.4 Å². The molecule has 2 aromatic rings. The van der Waals surface area contributed by atoms with Crippen molar-refractivity contribution in [3.8, 4) is 11.3 Å². The number of aromatic amines is 1. The zero-order valence-corrected chi connectivity index (χ0v) is 7.96. The Balaban J connectivity index is 2.34. The van der Waals surface area contributed by atoms with Crippen LogP contribution < -0.4 is 5.32 Å². The number of nitrogens with zero attached hydrogens (tertiary/aromatic N) is 1. The molecule has 0 fully saturated rings. The summed E-state index contributed by atoms with van der Waals surface area (Å²) in [4.78, 5) is 0. The van der Waals surface area contributed by atoms with Crippen molar-refractivity contribution in [2.75, 3.05) is 5.32 Å². The molecule has 2 N–H and O–H groups in total. The first-order chi connectivity index (χ1) is 6.86. The number of aromatic nitrogens is 2. The van der Waals surface area contributed by atoms with Gasteiger partial charge in [-0.05, 0) is 18.6 Å². The summed E-state index contributed by atoms with van der Waals surface area (Å²) in [6.07, 6.45) is 1.89. The summed E-state index contributed by atoms with van der Waals surface area (Å²) >= 11 is 0. The Morgan fingerprint density at radius 1 is 1.36 bits per heavy atom. The molecule has 0 spiro atoms. The first-order valence-corrected chi connectivity index (χ1v) is 4.72. The third-order valence-corrected chi connectivity index (χ3v) is 2.71. The van der Waals surface area contributed by atoms with Crippen molar-refractivity contribution in [3.05, 3.63) is 35.5 Å². The van der Waals surface area contributed by atoms with Crippen LogP contribution in [0.5, 0.6) is 0 Å². The van der Waals surface area contributed by atoms with Gasteiger partial charge in [-0.3, -0.25) is 5.10 Å². The third-order valence-electron chi connectivity index (χ3n) is 2.71. The van der Waals surface area contributed by atoms with E-state index in [0.29, 0.717) is 0 Å². The van der Waals surface area contributed by atoms with E-state index in [1.807, 2.05) is 6.20 Å². The Hall–Kier alpha value is -1.77. The van der Waals surface area contributed by atoms with E-state index in [0.717, 1.165) is 12.2 Å². The Bertz CT molecular complexity index is 485. The average Bonchev–Trinajstić information content (AvgIpc) is 2.65. The van der Waals surface area contributed by atoms with Crippen molar-refractivity contribution in [1.82, 2.24) is 10.2 Å². The van der Waals surface area contributed by atoms with Crippen LogP contribution in [0.1, 0.15) is 11.1 Å². The molecule has 3 nitrogen and oxygen atoms in total. The lowest BCUT2D eigenvalue weighted by atomic mass is 9.97. The van der Waals surface area contributed by atoms with E-state index in [9.17, 15) is 0 Å². The fourth-order valence-corrected chi connectivity index (χ4v) is 2.00. The molecule has 70 valence electrons. The van der Waals surface area contributed by atoms with Crippen LogP contribution in [0.3, 0.4) is 0 Å². The molecule has 1 aliphatic rings. The summed E-state index contributed by atoms with van der Waals surface area (Å²) in [6.45, 7) is 2.98. The van der Waals surface area contributed by atoms with Gasteiger partial charge in [0.2, 0.25) is 0 Å². The number of aryl methyl sites for hydroxylation is 1. The van der Waals surface area contributed by atoms with Crippen LogP contribution in [0.25, 0.3) is 11.3 Å². The average molecular weight is 185 g/mol. The number of rotatable bonds is 0. The predicted molar refractivity (Wildman–Crippen MR) is 56.1 cm³/mol. The van der Waals surface area contributed by atoms with Crippen LogP contribution in [0.2, 0.25) is 0 Å². The molecule has 0 unspecified atom stereocenters. The minimum Gasteiger partial charge on any atom is -0.380 e. The van der Waals surface area contributed by atoms with Gasteiger partial charge in [0.25, 0.3) is 0 Å². The number of anilines is 1. The van der Waals surface area contributed by atoms with Crippen LogP contribution >= 0.6 is 0 Å². The fourth-order valence-electron chi connectivity index (χ4n) is 2.00. The molecule has 3 rings (SSSR count). The monoisotopic (exact) mass is 185 g/mol. The summed E-state index contributed by atoms with van der Waals surface area (Å²) in [5.74, 6) is 0. The normalized spacial score (nSPS) is 12.9. The van der Waals surface area contributed by atoms with Gasteiger partial charge in [-0.2, -0.15) is 5.10 Å². The van der Waals surface area contributed by atoms with Gasteiger partial charge in [0.1, 0.15) is 0 Å². The zero-order chi connectivity index (χ0) is 9.54. The molecular formula is C11H11N3. The molecule has 0 radical (unpaired) electrons. The maximum absolute atomic E-state index is 4.08. The highest BCUT2D eigenvalue weighted by Crippen LogP contribution is 2.35. The second-order valence-electron chi connectivity index (χ2n) is 3.62. The van der Waals surface area contributed by atoms with Crippen molar-refractivity contribution in [3.63, 3.8) is 0 Å². The molecular weight excluding hydrogens is 174 g/mol. The van der Waals surface area contributed by atoms with Crippen LogP contribution in [-0.4, -0.2) is 10.2 Å². The highest BCUT2D eigenvalue weighted by Gasteiger charge is 2.18. The minimum atomic E-state index is 0.863. The second-order valence-corrected chi connectivity index (χ2v) is 3.62. The summed E-state index contributed by atoms with van der Waals surface area (Å²) in [5.41, 5.74) is 6.14. The number of hydrogen-bond donors (Lipinski definition) is 2. The van der Waals surface area contributed by atoms with Crippen molar-refractivity contribution in [1.29, 1.82) is 0 Å². The molecule has 0 bridgehead atoms. The summed E-state index contributed by atoms with van der Waals surface area (Å²) in [5, 5.41) is 10.5. The van der Waals surface area contributed by atoms with Crippen LogP contribution in [0, 0.1) is 6.92 Å². The van der Waals surface area contributed by atoms with Crippen molar-refractivity contribution < 1.29 is 0 Å². The van der Waals surface area contributed by atoms with E-state index in [1.165, 1.54) is 22.4 Å². The Labute approximate surface area is 82.2 Å². The van der Waals surface area contributed by atoms with Gasteiger partial charge in [-0.15, -0.1) is 0 Å². The quantitative estimate of drug-likeness (QED) is 0.661. The molecule has 3 heteroatoms. The van der Waals surface area contributed by atoms with Gasteiger partial charge in [0.05, 0.1) is 11.9 Å². The van der Waals surface area contributed by atoms with Gasteiger partial charge < -0.3 is 5.32 Å². The molecule has 0 saturated carbocycles. The van der Waals surface area contributed by atoms with Gasteiger partial charge in [0, 0.05) is 23.4 Å². The highest BCUT2D eigenvalue weighted by molar-refractivity contribution is 5.82. The molecule has 14 heavy (non-hydrogen) atoms. The number of H-pyrrole nitrogens is 1. The Morgan fingerprint density at radius 3 is 3.21 bits per heavy atom. The second kappa shape index (κ2) is 2.61. The van der Waals surface area contributed by atoms with Crippen LogP contribution in [-0.2, 0) is 6.54 Å². The van der Waals surface area contributed by atoms with Gasteiger partial charge in [-0.1, -0.05) is 12.1 Å². The smallest absolute Gasteiger partial charge is 0.0723 e. The molecule has 2 heterocycles. The molecule has 0 amide bonds. The molecule has 1 aromatic carbocycles. The van der Waals surface area contributed by atoms with E-state index < -0.39 is 0 Å². The number of fused-ring (bicyclic) bond motifs is 3. The predicted octanol–water partition coefficient (Wildman–Crippen LogP) is 2.31. The van der Waals surface area contributed by atoms with E-state index >= 15 is 0 Å². The van der Waals surface area contributed by atoms with E-state index in [-0.39, 0.29) is 0 Å². The summed E-state index contributed by atoms with van der Waals surface area (Å²) in [7, 11) is 0. The lowest BCUT2D eigenvalue weighted by Gasteiger charge is -2.19. The fraction of sp³-hybridized carbons (Fsp3) is 0.182. The van der Waals surface area contributed by atoms with Crippen molar-refractivity contribution in [2.24, 2.45) is 0 Å². The number of hydrogen-bond acceptors (Lipinski definition) is 2. The van der Waals surface area contributed by atoms with Gasteiger partial charge in [-0.25, -0.2) is 0 Å². The third kappa shape index (κ3) is 0.894. The van der Waals surface area contributed by atoms with E-state index in [1.54, 1.807) is 0 Å². The lowest BCUT2D eigenvalue weighted by molar-refractivity contribution is 1.09. The largest absolute Gasteiger partial charge is 0.380 e. The summed E-state index contributed by atoms with van der Waals surface area (Å²) in [6, 6.07) is 6.30. The molecule has 1 aliphatic heterocycles. The molecule has 0 aliphatic carbocycles. The molecule has 1 aromatic heterocycles. The maximum Gasteiger partial charge on any atom is 0.0723 e. The Morgan fingerprint density at radius 2 is 2.29 bits per heavy atom. The van der Waals surface area contributed by atoms with Gasteiger partial charge >= 0.3 is 0 Å². The number of nitrogens with one attached hydrogen (secondary N) is 2. The standard InChI is InChI=1S/C11H11N3/c1-7-3-2-4-9-10(7)11-8(5-12-9)6-13-14-11/h2-4,6,12H,5H2,1H3,(H,13,14). The first-order valence-electron chi connectivity index (χ1n) is 4.72. The van der Waals surface area contributed by atoms with Crippen molar-refractivity contribution >= 4 is 5.69 Å². The summed E-state index contributed by atoms with van der Waals surface area (Å²) < 4.78 is 0. The Kier molecular flexibility index (Phi) is 1.42.